The minimum atomic E-state index is -3.24. The van der Waals surface area contributed by atoms with Gasteiger partial charge in [-0.15, -0.1) is 0 Å². The molecule has 1 saturated heterocycles. The van der Waals surface area contributed by atoms with Crippen LogP contribution in [0.1, 0.15) is 44.7 Å². The Balaban J connectivity index is 1.42. The van der Waals surface area contributed by atoms with Gasteiger partial charge in [-0.2, -0.15) is 0 Å². The number of carbonyl (C=O) groups is 1. The maximum atomic E-state index is 12.3. The Labute approximate surface area is 196 Å². The Morgan fingerprint density at radius 2 is 1.88 bits per heavy atom. The number of hydrogen-bond acceptors (Lipinski definition) is 6. The van der Waals surface area contributed by atoms with Crippen molar-refractivity contribution in [2.24, 2.45) is 5.92 Å². The third kappa shape index (κ3) is 5.32. The summed E-state index contributed by atoms with van der Waals surface area (Å²) in [5, 5.41) is 0. The lowest BCUT2D eigenvalue weighted by Crippen LogP contribution is -2.44. The lowest BCUT2D eigenvalue weighted by Gasteiger charge is -2.35. The summed E-state index contributed by atoms with van der Waals surface area (Å²) in [6, 6.07) is 7.19. The fourth-order valence-corrected chi connectivity index (χ4v) is 5.22. The van der Waals surface area contributed by atoms with Crippen molar-refractivity contribution in [3.8, 4) is 17.0 Å². The Kier molecular flexibility index (Phi) is 6.16. The highest BCUT2D eigenvalue weighted by Crippen LogP contribution is 2.37. The van der Waals surface area contributed by atoms with Gasteiger partial charge in [-0.25, -0.2) is 13.2 Å². The van der Waals surface area contributed by atoms with Gasteiger partial charge in [-0.05, 0) is 70.2 Å². The van der Waals surface area contributed by atoms with Crippen LogP contribution in [-0.2, 0) is 21.0 Å². The second-order valence-electron chi connectivity index (χ2n) is 10.1. The summed E-state index contributed by atoms with van der Waals surface area (Å²) in [6.45, 7) is 8.88. The number of fused-ring (bicyclic) bond motifs is 1. The third-order valence-corrected chi connectivity index (χ3v) is 7.38. The number of pyridine rings is 1. The average molecular weight is 473 g/mol. The quantitative estimate of drug-likeness (QED) is 0.658. The van der Waals surface area contributed by atoms with E-state index in [9.17, 15) is 13.2 Å². The van der Waals surface area contributed by atoms with Crippen LogP contribution in [0.15, 0.2) is 35.4 Å². The molecule has 0 aliphatic carbocycles. The van der Waals surface area contributed by atoms with Gasteiger partial charge < -0.3 is 14.4 Å². The predicted molar refractivity (Wildman–Crippen MR) is 126 cm³/mol. The van der Waals surface area contributed by atoms with Crippen LogP contribution in [0.2, 0.25) is 0 Å². The molecular weight excluding hydrogens is 440 g/mol. The molecule has 1 unspecified atom stereocenters. The van der Waals surface area contributed by atoms with Crippen molar-refractivity contribution in [2.75, 3.05) is 19.3 Å². The van der Waals surface area contributed by atoms with E-state index in [1.165, 1.54) is 6.26 Å². The number of aromatic nitrogens is 1. The van der Waals surface area contributed by atoms with E-state index < -0.39 is 15.4 Å². The summed E-state index contributed by atoms with van der Waals surface area (Å²) in [4.78, 5) is 19.0. The normalized spacial score (nSPS) is 19.2. The number of aryl methyl sites for hydroxylation is 1. The van der Waals surface area contributed by atoms with Gasteiger partial charge >= 0.3 is 6.09 Å². The zero-order valence-corrected chi connectivity index (χ0v) is 20.7. The predicted octanol–water partition coefficient (Wildman–Crippen LogP) is 4.41. The molecule has 1 atom stereocenters. The summed E-state index contributed by atoms with van der Waals surface area (Å²) < 4.78 is 35.4. The van der Waals surface area contributed by atoms with E-state index in [0.717, 1.165) is 47.4 Å². The van der Waals surface area contributed by atoms with Crippen LogP contribution in [0, 0.1) is 12.8 Å². The van der Waals surface area contributed by atoms with Crippen LogP contribution in [0.5, 0.6) is 5.75 Å². The van der Waals surface area contributed by atoms with Crippen LogP contribution in [0.4, 0.5) is 4.79 Å². The van der Waals surface area contributed by atoms with Crippen molar-refractivity contribution in [3.05, 3.63) is 41.6 Å². The van der Waals surface area contributed by atoms with Gasteiger partial charge in [0.15, 0.2) is 9.84 Å². The van der Waals surface area contributed by atoms with E-state index in [0.29, 0.717) is 23.9 Å². The molecule has 1 aromatic heterocycles. The molecule has 3 heterocycles. The van der Waals surface area contributed by atoms with E-state index in [2.05, 4.69) is 4.98 Å². The maximum Gasteiger partial charge on any atom is 0.410 e. The number of sulfone groups is 1. The van der Waals surface area contributed by atoms with Crippen molar-refractivity contribution in [3.63, 3.8) is 0 Å². The van der Waals surface area contributed by atoms with Gasteiger partial charge in [-0.1, -0.05) is 6.07 Å². The highest BCUT2D eigenvalue weighted by Gasteiger charge is 2.35. The van der Waals surface area contributed by atoms with Crippen molar-refractivity contribution in [1.29, 1.82) is 0 Å². The van der Waals surface area contributed by atoms with Crippen molar-refractivity contribution >= 4 is 15.9 Å². The SMILES string of the molecule is Cc1cc(S(C)(=O)=O)ccc1-c1cc2c(cn1)OC(C1CCN(C(=O)OC(C)(C)C)CC1)C2. The first-order valence-electron chi connectivity index (χ1n) is 11.4. The number of benzene rings is 1. The number of likely N-dealkylation sites (tertiary alicyclic amines) is 1. The Bertz CT molecular complexity index is 1160. The molecular formula is C25H32N2O5S. The van der Waals surface area contributed by atoms with Crippen molar-refractivity contribution in [1.82, 2.24) is 9.88 Å². The summed E-state index contributed by atoms with van der Waals surface area (Å²) in [6.07, 6.45) is 5.38. The molecule has 1 aromatic carbocycles. The lowest BCUT2D eigenvalue weighted by molar-refractivity contribution is 0.0123. The van der Waals surface area contributed by atoms with Crippen molar-refractivity contribution in [2.45, 2.75) is 63.6 Å². The molecule has 2 aliphatic heterocycles. The number of piperidine rings is 1. The highest BCUT2D eigenvalue weighted by molar-refractivity contribution is 7.90. The number of ether oxygens (including phenoxy) is 2. The fraction of sp³-hybridized carbons (Fsp3) is 0.520. The van der Waals surface area contributed by atoms with E-state index in [1.807, 2.05) is 39.8 Å². The summed E-state index contributed by atoms with van der Waals surface area (Å²) in [5.41, 5.74) is 3.23. The molecule has 0 N–H and O–H groups in total. The number of carbonyl (C=O) groups excluding carboxylic acids is 1. The Hall–Kier alpha value is -2.61. The highest BCUT2D eigenvalue weighted by atomic mass is 32.2. The number of hydrogen-bond donors (Lipinski definition) is 0. The molecule has 0 bridgehead atoms. The number of rotatable bonds is 3. The molecule has 0 spiro atoms. The van der Waals surface area contributed by atoms with Crippen LogP contribution in [-0.4, -0.2) is 55.4 Å². The maximum absolute atomic E-state index is 12.3. The first-order valence-corrected chi connectivity index (χ1v) is 13.2. The second kappa shape index (κ2) is 8.63. The molecule has 178 valence electrons. The van der Waals surface area contributed by atoms with Crippen molar-refractivity contribution < 1.29 is 22.7 Å². The van der Waals surface area contributed by atoms with Gasteiger partial charge in [0.05, 0.1) is 16.8 Å². The van der Waals surface area contributed by atoms with E-state index in [-0.39, 0.29) is 12.2 Å². The van der Waals surface area contributed by atoms with Crippen LogP contribution in [0.3, 0.4) is 0 Å². The van der Waals surface area contributed by atoms with Crippen LogP contribution >= 0.6 is 0 Å². The Morgan fingerprint density at radius 3 is 2.48 bits per heavy atom. The van der Waals surface area contributed by atoms with Gasteiger partial charge in [0.25, 0.3) is 0 Å². The van der Waals surface area contributed by atoms with E-state index in [1.54, 1.807) is 23.2 Å². The molecule has 33 heavy (non-hydrogen) atoms. The number of amides is 1. The molecule has 7 nitrogen and oxygen atoms in total. The largest absolute Gasteiger partial charge is 0.488 e. The summed E-state index contributed by atoms with van der Waals surface area (Å²) in [7, 11) is -3.24. The molecule has 0 saturated carbocycles. The third-order valence-electron chi connectivity index (χ3n) is 6.27. The minimum Gasteiger partial charge on any atom is -0.488 e. The monoisotopic (exact) mass is 472 g/mol. The minimum absolute atomic E-state index is 0.0755. The smallest absolute Gasteiger partial charge is 0.410 e. The molecule has 4 rings (SSSR count). The Morgan fingerprint density at radius 1 is 1.18 bits per heavy atom. The van der Waals surface area contributed by atoms with Crippen LogP contribution < -0.4 is 4.74 Å². The molecule has 2 aliphatic rings. The van der Waals surface area contributed by atoms with Gasteiger partial charge in [0, 0.05) is 36.9 Å². The molecule has 2 aromatic rings. The van der Waals surface area contributed by atoms with E-state index in [4.69, 9.17) is 9.47 Å². The first kappa shape index (κ1) is 23.5. The average Bonchev–Trinajstić information content (AvgIpc) is 3.15. The zero-order valence-electron chi connectivity index (χ0n) is 19.9. The molecule has 8 heteroatoms. The molecule has 1 amide bonds. The molecule has 1 fully saturated rings. The fourth-order valence-electron chi connectivity index (χ4n) is 4.52. The van der Waals surface area contributed by atoms with Gasteiger partial charge in [0.2, 0.25) is 0 Å². The van der Waals surface area contributed by atoms with Gasteiger partial charge in [0.1, 0.15) is 17.5 Å². The zero-order chi connectivity index (χ0) is 24.0. The van der Waals surface area contributed by atoms with Crippen LogP contribution in [0.25, 0.3) is 11.3 Å². The second-order valence-corrected chi connectivity index (χ2v) is 12.1. The number of nitrogens with zero attached hydrogens (tertiary/aromatic N) is 2. The summed E-state index contributed by atoms with van der Waals surface area (Å²) >= 11 is 0. The summed E-state index contributed by atoms with van der Waals surface area (Å²) in [5.74, 6) is 1.18. The van der Waals surface area contributed by atoms with E-state index >= 15 is 0 Å². The topological polar surface area (TPSA) is 85.8 Å². The van der Waals surface area contributed by atoms with Gasteiger partial charge in [-0.3, -0.25) is 4.98 Å². The first-order chi connectivity index (χ1) is 15.4. The standard InChI is InChI=1S/C25H32N2O5S/c1-16-12-19(33(5,29)30)6-7-20(16)21-13-18-14-22(31-23(18)15-26-21)17-8-10-27(11-9-17)24(28)32-25(2,3)4/h6-7,12-13,15,17,22H,8-11,14H2,1-5H3. The lowest BCUT2D eigenvalue weighted by atomic mass is 9.89. The molecule has 0 radical (unpaired) electrons.